The first kappa shape index (κ1) is 15.6. The Labute approximate surface area is 145 Å². The Balaban J connectivity index is 1.47. The summed E-state index contributed by atoms with van der Waals surface area (Å²) in [6.07, 6.45) is 3.35. The molecule has 0 N–H and O–H groups in total. The van der Waals surface area contributed by atoms with Crippen LogP contribution in [0.2, 0.25) is 0 Å². The third-order valence-electron chi connectivity index (χ3n) is 4.13. The van der Waals surface area contributed by atoms with Gasteiger partial charge in [0.05, 0.1) is 43.8 Å². The number of nitrogens with zero attached hydrogens (tertiary/aromatic N) is 5. The van der Waals surface area contributed by atoms with Crippen LogP contribution in [0.3, 0.4) is 0 Å². The third kappa shape index (κ3) is 3.45. The van der Waals surface area contributed by atoms with Crippen molar-refractivity contribution in [2.75, 3.05) is 13.2 Å². The fourth-order valence-corrected chi connectivity index (χ4v) is 2.97. The summed E-state index contributed by atoms with van der Waals surface area (Å²) < 4.78 is 13.0. The highest BCUT2D eigenvalue weighted by Crippen LogP contribution is 2.27. The third-order valence-corrected chi connectivity index (χ3v) is 4.13. The number of furan rings is 1. The molecule has 1 fully saturated rings. The maximum Gasteiger partial charge on any atom is 0.157 e. The zero-order valence-electron chi connectivity index (χ0n) is 13.6. The minimum absolute atomic E-state index is 0.218. The molecule has 7 heteroatoms. The van der Waals surface area contributed by atoms with Crippen molar-refractivity contribution < 1.29 is 9.15 Å². The number of ether oxygens (including phenoxy) is 1. The SMILES string of the molecule is N#Cc1cccc(Cn2cc([C@H]3OCCN3Cc3ccco3)nn2)c1. The second-order valence-electron chi connectivity index (χ2n) is 5.93. The zero-order valence-corrected chi connectivity index (χ0v) is 13.6. The maximum atomic E-state index is 9.00. The predicted octanol–water partition coefficient (Wildman–Crippen LogP) is 2.32. The fraction of sp³-hybridized carbons (Fsp3) is 0.278. The number of aromatic nitrogens is 3. The number of hydrogen-bond donors (Lipinski definition) is 0. The standard InChI is InChI=1S/C18H17N5O2/c19-10-14-3-1-4-15(9-14)11-23-13-17(20-21-23)18-22(6-8-25-18)12-16-5-2-7-24-16/h1-5,7,9,13,18H,6,8,11-12H2/t18-/m1/s1. The Morgan fingerprint density at radius 2 is 2.20 bits per heavy atom. The molecule has 1 aliphatic heterocycles. The van der Waals surface area contributed by atoms with Crippen molar-refractivity contribution in [1.82, 2.24) is 19.9 Å². The minimum atomic E-state index is -0.218. The van der Waals surface area contributed by atoms with Crippen LogP contribution in [0.1, 0.15) is 28.8 Å². The van der Waals surface area contributed by atoms with Crippen molar-refractivity contribution in [2.24, 2.45) is 0 Å². The molecule has 0 saturated carbocycles. The van der Waals surface area contributed by atoms with E-state index in [1.165, 1.54) is 0 Å². The molecule has 2 aromatic heterocycles. The predicted molar refractivity (Wildman–Crippen MR) is 88.1 cm³/mol. The van der Waals surface area contributed by atoms with Gasteiger partial charge in [0.1, 0.15) is 11.5 Å². The Bertz CT molecular complexity index is 881. The van der Waals surface area contributed by atoms with Gasteiger partial charge in [-0.15, -0.1) is 5.10 Å². The normalized spacial score (nSPS) is 17.6. The van der Waals surface area contributed by atoms with Crippen LogP contribution >= 0.6 is 0 Å². The number of hydrogen-bond acceptors (Lipinski definition) is 6. The molecule has 25 heavy (non-hydrogen) atoms. The molecule has 4 rings (SSSR count). The van der Waals surface area contributed by atoms with Gasteiger partial charge in [0.2, 0.25) is 0 Å². The lowest BCUT2D eigenvalue weighted by Crippen LogP contribution is -2.23. The Kier molecular flexibility index (Phi) is 4.29. The number of nitriles is 1. The first-order valence-electron chi connectivity index (χ1n) is 8.09. The molecule has 0 spiro atoms. The molecule has 1 atom stereocenters. The quantitative estimate of drug-likeness (QED) is 0.712. The van der Waals surface area contributed by atoms with Gasteiger partial charge in [-0.3, -0.25) is 4.90 Å². The molecule has 7 nitrogen and oxygen atoms in total. The van der Waals surface area contributed by atoms with Gasteiger partial charge in [0.25, 0.3) is 0 Å². The molecule has 1 aromatic carbocycles. The molecule has 0 unspecified atom stereocenters. The monoisotopic (exact) mass is 335 g/mol. The molecule has 1 aliphatic rings. The molecule has 1 saturated heterocycles. The Hall–Kier alpha value is -2.95. The van der Waals surface area contributed by atoms with Gasteiger partial charge in [0, 0.05) is 6.54 Å². The summed E-state index contributed by atoms with van der Waals surface area (Å²) in [7, 11) is 0. The molecular weight excluding hydrogens is 318 g/mol. The van der Waals surface area contributed by atoms with E-state index >= 15 is 0 Å². The molecule has 3 aromatic rings. The Morgan fingerprint density at radius 3 is 3.04 bits per heavy atom. The lowest BCUT2D eigenvalue weighted by atomic mass is 10.1. The zero-order chi connectivity index (χ0) is 17.1. The minimum Gasteiger partial charge on any atom is -0.468 e. The van der Waals surface area contributed by atoms with Crippen molar-refractivity contribution in [3.05, 3.63) is 71.4 Å². The lowest BCUT2D eigenvalue weighted by Gasteiger charge is -2.19. The summed E-state index contributed by atoms with van der Waals surface area (Å²) >= 11 is 0. The second kappa shape index (κ2) is 6.89. The van der Waals surface area contributed by atoms with Gasteiger partial charge in [-0.1, -0.05) is 17.3 Å². The van der Waals surface area contributed by atoms with Crippen LogP contribution in [0.4, 0.5) is 0 Å². The fourth-order valence-electron chi connectivity index (χ4n) is 2.97. The van der Waals surface area contributed by atoms with Crippen molar-refractivity contribution in [2.45, 2.75) is 19.3 Å². The molecular formula is C18H17N5O2. The van der Waals surface area contributed by atoms with Crippen LogP contribution < -0.4 is 0 Å². The smallest absolute Gasteiger partial charge is 0.157 e. The molecule has 0 amide bonds. The summed E-state index contributed by atoms with van der Waals surface area (Å²) in [4.78, 5) is 2.17. The first-order valence-corrected chi connectivity index (χ1v) is 8.09. The first-order chi connectivity index (χ1) is 12.3. The second-order valence-corrected chi connectivity index (χ2v) is 5.93. The summed E-state index contributed by atoms with van der Waals surface area (Å²) in [5.41, 5.74) is 2.43. The van der Waals surface area contributed by atoms with Crippen LogP contribution in [-0.2, 0) is 17.8 Å². The number of rotatable bonds is 5. The molecule has 0 bridgehead atoms. The number of benzene rings is 1. The lowest BCUT2D eigenvalue weighted by molar-refractivity contribution is 0.0223. The van der Waals surface area contributed by atoms with Crippen LogP contribution in [0.5, 0.6) is 0 Å². The topological polar surface area (TPSA) is 80.1 Å². The van der Waals surface area contributed by atoms with E-state index in [0.717, 1.165) is 23.6 Å². The summed E-state index contributed by atoms with van der Waals surface area (Å²) in [6.45, 7) is 2.72. The Morgan fingerprint density at radius 1 is 1.24 bits per heavy atom. The molecule has 0 radical (unpaired) electrons. The van der Waals surface area contributed by atoms with E-state index < -0.39 is 0 Å². The molecule has 126 valence electrons. The van der Waals surface area contributed by atoms with Crippen molar-refractivity contribution >= 4 is 0 Å². The van der Waals surface area contributed by atoms with E-state index in [-0.39, 0.29) is 6.23 Å². The highest BCUT2D eigenvalue weighted by atomic mass is 16.5. The van der Waals surface area contributed by atoms with Crippen molar-refractivity contribution in [3.8, 4) is 6.07 Å². The summed E-state index contributed by atoms with van der Waals surface area (Å²) in [6, 6.07) is 13.5. The summed E-state index contributed by atoms with van der Waals surface area (Å²) in [5.74, 6) is 0.899. The highest BCUT2D eigenvalue weighted by Gasteiger charge is 2.30. The largest absolute Gasteiger partial charge is 0.468 e. The van der Waals surface area contributed by atoms with Crippen LogP contribution in [0, 0.1) is 11.3 Å². The van der Waals surface area contributed by atoms with E-state index in [1.54, 1.807) is 17.0 Å². The van der Waals surface area contributed by atoms with Gasteiger partial charge in [-0.05, 0) is 29.8 Å². The molecule has 0 aliphatic carbocycles. The van der Waals surface area contributed by atoms with Gasteiger partial charge in [-0.25, -0.2) is 4.68 Å². The van der Waals surface area contributed by atoms with E-state index in [4.69, 9.17) is 14.4 Å². The van der Waals surface area contributed by atoms with Gasteiger partial charge in [-0.2, -0.15) is 5.26 Å². The van der Waals surface area contributed by atoms with Crippen LogP contribution in [0.15, 0.2) is 53.3 Å². The van der Waals surface area contributed by atoms with E-state index in [0.29, 0.717) is 25.3 Å². The maximum absolute atomic E-state index is 9.00. The van der Waals surface area contributed by atoms with E-state index in [1.807, 2.05) is 36.5 Å². The van der Waals surface area contributed by atoms with Crippen LogP contribution in [-0.4, -0.2) is 33.0 Å². The molecule has 3 heterocycles. The highest BCUT2D eigenvalue weighted by molar-refractivity contribution is 5.32. The van der Waals surface area contributed by atoms with E-state index in [2.05, 4.69) is 21.3 Å². The summed E-state index contributed by atoms with van der Waals surface area (Å²) in [5, 5.41) is 17.5. The van der Waals surface area contributed by atoms with Crippen molar-refractivity contribution in [1.29, 1.82) is 5.26 Å². The average molecular weight is 335 g/mol. The van der Waals surface area contributed by atoms with E-state index in [9.17, 15) is 0 Å². The van der Waals surface area contributed by atoms with Gasteiger partial charge < -0.3 is 9.15 Å². The average Bonchev–Trinajstić information content (AvgIpc) is 3.37. The van der Waals surface area contributed by atoms with Gasteiger partial charge >= 0.3 is 0 Å². The van der Waals surface area contributed by atoms with Crippen molar-refractivity contribution in [3.63, 3.8) is 0 Å². The van der Waals surface area contributed by atoms with Crippen LogP contribution in [0.25, 0.3) is 0 Å². The van der Waals surface area contributed by atoms with Gasteiger partial charge in [0.15, 0.2) is 6.23 Å².